The van der Waals surface area contributed by atoms with E-state index in [2.05, 4.69) is 15.3 Å². The normalized spacial score (nSPS) is 11.8. The molecule has 0 saturated carbocycles. The molecule has 2 aromatic heterocycles. The zero-order valence-electron chi connectivity index (χ0n) is 16.6. The van der Waals surface area contributed by atoms with Crippen molar-refractivity contribution >= 4 is 35.0 Å². The minimum absolute atomic E-state index is 0.0924. The summed E-state index contributed by atoms with van der Waals surface area (Å²) in [5.74, 6) is 0.487. The summed E-state index contributed by atoms with van der Waals surface area (Å²) in [7, 11) is 0. The highest BCUT2D eigenvalue weighted by Crippen LogP contribution is 2.39. The monoisotopic (exact) mass is 497 g/mol. The van der Waals surface area contributed by atoms with E-state index in [1.807, 2.05) is 6.92 Å². The van der Waals surface area contributed by atoms with Crippen LogP contribution in [0.3, 0.4) is 0 Å². The van der Waals surface area contributed by atoms with Gasteiger partial charge in [-0.15, -0.1) is 10.2 Å². The van der Waals surface area contributed by atoms with Crippen molar-refractivity contribution in [3.05, 3.63) is 76.0 Å². The van der Waals surface area contributed by atoms with Crippen molar-refractivity contribution in [1.82, 2.24) is 24.5 Å². The van der Waals surface area contributed by atoms with Crippen LogP contribution in [-0.4, -0.2) is 24.5 Å². The van der Waals surface area contributed by atoms with Crippen molar-refractivity contribution in [3.8, 4) is 17.1 Å². The Morgan fingerprint density at radius 3 is 2.28 bits per heavy atom. The number of rotatable bonds is 6. The molecule has 5 nitrogen and oxygen atoms in total. The Hall–Kier alpha value is -2.49. The Kier molecular flexibility index (Phi) is 6.50. The van der Waals surface area contributed by atoms with Gasteiger partial charge in [0.1, 0.15) is 0 Å². The summed E-state index contributed by atoms with van der Waals surface area (Å²) >= 11 is 13.7. The van der Waals surface area contributed by atoms with Crippen LogP contribution in [-0.2, 0) is 18.5 Å². The predicted octanol–water partition coefficient (Wildman–Crippen LogP) is 6.77. The molecule has 0 N–H and O–H groups in total. The van der Waals surface area contributed by atoms with Gasteiger partial charge in [0.15, 0.2) is 16.7 Å². The van der Waals surface area contributed by atoms with Gasteiger partial charge in [-0.1, -0.05) is 59.2 Å². The largest absolute Gasteiger partial charge is 0.434 e. The Morgan fingerprint density at radius 2 is 1.66 bits per heavy atom. The quantitative estimate of drug-likeness (QED) is 0.276. The second kappa shape index (κ2) is 9.17. The van der Waals surface area contributed by atoms with Gasteiger partial charge in [0.25, 0.3) is 0 Å². The Bertz CT molecular complexity index is 1220. The molecule has 4 rings (SSSR count). The summed E-state index contributed by atoms with van der Waals surface area (Å²) in [5.41, 5.74) is -0.0210. The molecule has 0 spiro atoms. The molecular weight excluding hydrogens is 482 g/mol. The van der Waals surface area contributed by atoms with Crippen LogP contribution < -0.4 is 0 Å². The second-order valence-corrected chi connectivity index (χ2v) is 8.45. The van der Waals surface area contributed by atoms with Crippen molar-refractivity contribution in [1.29, 1.82) is 0 Å². The number of hydrogen-bond donors (Lipinski definition) is 0. The molecule has 0 saturated heterocycles. The second-order valence-electron chi connectivity index (χ2n) is 6.69. The van der Waals surface area contributed by atoms with Crippen molar-refractivity contribution < 1.29 is 13.2 Å². The minimum atomic E-state index is -4.65. The first kappa shape index (κ1) is 22.7. The number of nitrogens with zero attached hydrogens (tertiary/aromatic N) is 5. The van der Waals surface area contributed by atoms with Gasteiger partial charge in [-0.2, -0.15) is 18.3 Å². The molecule has 0 atom stereocenters. The van der Waals surface area contributed by atoms with E-state index in [-0.39, 0.29) is 11.4 Å². The van der Waals surface area contributed by atoms with E-state index >= 15 is 0 Å². The fourth-order valence-corrected chi connectivity index (χ4v) is 4.98. The first-order valence-electron chi connectivity index (χ1n) is 9.51. The van der Waals surface area contributed by atoms with Crippen LogP contribution in [0.1, 0.15) is 18.2 Å². The molecule has 0 fully saturated rings. The van der Waals surface area contributed by atoms with E-state index in [1.165, 1.54) is 18.0 Å². The summed E-state index contributed by atoms with van der Waals surface area (Å²) in [4.78, 5) is 0. The van der Waals surface area contributed by atoms with Crippen molar-refractivity contribution in [3.63, 3.8) is 0 Å². The van der Waals surface area contributed by atoms with E-state index in [9.17, 15) is 13.2 Å². The van der Waals surface area contributed by atoms with Gasteiger partial charge in [-0.05, 0) is 36.8 Å². The molecule has 0 amide bonds. The summed E-state index contributed by atoms with van der Waals surface area (Å²) in [5, 5.41) is 13.7. The molecule has 0 unspecified atom stereocenters. The van der Waals surface area contributed by atoms with Crippen molar-refractivity contribution in [2.24, 2.45) is 0 Å². The molecule has 2 heterocycles. The van der Waals surface area contributed by atoms with Crippen LogP contribution in [0, 0.1) is 0 Å². The Morgan fingerprint density at radius 1 is 0.969 bits per heavy atom. The maximum Gasteiger partial charge on any atom is 0.434 e. The average molecular weight is 498 g/mol. The first-order valence-corrected chi connectivity index (χ1v) is 11.2. The molecule has 0 aliphatic carbocycles. The maximum absolute atomic E-state index is 14.1. The van der Waals surface area contributed by atoms with Gasteiger partial charge in [0.05, 0.1) is 17.4 Å². The molecule has 32 heavy (non-hydrogen) atoms. The molecule has 11 heteroatoms. The number of alkyl halides is 3. The molecule has 0 bridgehead atoms. The van der Waals surface area contributed by atoms with Gasteiger partial charge < -0.3 is 4.57 Å². The van der Waals surface area contributed by atoms with Crippen molar-refractivity contribution in [2.45, 2.75) is 30.6 Å². The van der Waals surface area contributed by atoms with E-state index in [0.717, 1.165) is 10.2 Å². The molecule has 0 aliphatic rings. The molecular formula is C21H16Cl2F3N5S. The molecule has 0 radical (unpaired) electrons. The van der Waals surface area contributed by atoms with Crippen LogP contribution in [0.25, 0.3) is 17.1 Å². The zero-order valence-corrected chi connectivity index (χ0v) is 19.0. The highest BCUT2D eigenvalue weighted by Gasteiger charge is 2.40. The number of aromatic nitrogens is 5. The van der Waals surface area contributed by atoms with Gasteiger partial charge in [0.2, 0.25) is 0 Å². The lowest BCUT2D eigenvalue weighted by molar-refractivity contribution is -0.142. The number of halogens is 5. The fraction of sp³-hybridized carbons (Fsp3) is 0.190. The summed E-state index contributed by atoms with van der Waals surface area (Å²) < 4.78 is 44.7. The van der Waals surface area contributed by atoms with Crippen LogP contribution in [0.2, 0.25) is 10.0 Å². The number of para-hydroxylation sites is 1. The third-order valence-electron chi connectivity index (χ3n) is 4.72. The molecule has 0 aliphatic heterocycles. The minimum Gasteiger partial charge on any atom is -0.302 e. The van der Waals surface area contributed by atoms with E-state index in [1.54, 1.807) is 53.1 Å². The highest BCUT2D eigenvalue weighted by molar-refractivity contribution is 7.98. The lowest BCUT2D eigenvalue weighted by Crippen LogP contribution is -2.15. The third kappa shape index (κ3) is 4.37. The molecule has 166 valence electrons. The van der Waals surface area contributed by atoms with Crippen LogP contribution in [0.15, 0.2) is 59.9 Å². The summed E-state index contributed by atoms with van der Waals surface area (Å²) in [6, 6.07) is 13.4. The van der Waals surface area contributed by atoms with Gasteiger partial charge in [0, 0.05) is 22.3 Å². The summed E-state index contributed by atoms with van der Waals surface area (Å²) in [6.07, 6.45) is -3.48. The lowest BCUT2D eigenvalue weighted by Gasteiger charge is -2.13. The first-order chi connectivity index (χ1) is 15.3. The lowest BCUT2D eigenvalue weighted by atomic mass is 10.2. The van der Waals surface area contributed by atoms with Crippen LogP contribution >= 0.6 is 35.0 Å². The standard InChI is InChI=1S/C21H16Cl2F3N5S/c1-2-30-19(28-29-20(30)32-12-15-16(22)9-6-10-17(15)23)14-11-27-31(18(14)21(24,25)26)13-7-4-3-5-8-13/h3-11H,2,12H2,1H3. The Labute approximate surface area is 196 Å². The summed E-state index contributed by atoms with van der Waals surface area (Å²) in [6.45, 7) is 2.18. The predicted molar refractivity (Wildman–Crippen MR) is 119 cm³/mol. The van der Waals surface area contributed by atoms with Gasteiger partial charge in [-0.3, -0.25) is 0 Å². The van der Waals surface area contributed by atoms with Crippen molar-refractivity contribution in [2.75, 3.05) is 0 Å². The highest BCUT2D eigenvalue weighted by atomic mass is 35.5. The van der Waals surface area contributed by atoms with Crippen LogP contribution in [0.5, 0.6) is 0 Å². The Balaban J connectivity index is 1.74. The SMILES string of the molecule is CCn1c(SCc2c(Cl)cccc2Cl)nnc1-c1cnn(-c2ccccc2)c1C(F)(F)F. The molecule has 2 aromatic carbocycles. The van der Waals surface area contributed by atoms with E-state index in [4.69, 9.17) is 23.2 Å². The fourth-order valence-electron chi connectivity index (χ4n) is 3.24. The number of benzene rings is 2. The van der Waals surface area contributed by atoms with Gasteiger partial charge >= 0.3 is 6.18 Å². The number of thioether (sulfide) groups is 1. The average Bonchev–Trinajstić information content (AvgIpc) is 3.37. The third-order valence-corrected chi connectivity index (χ3v) is 6.42. The maximum atomic E-state index is 14.1. The topological polar surface area (TPSA) is 48.5 Å². The van der Waals surface area contributed by atoms with Crippen LogP contribution in [0.4, 0.5) is 13.2 Å². The zero-order chi connectivity index (χ0) is 22.9. The van der Waals surface area contributed by atoms with E-state index in [0.29, 0.717) is 33.2 Å². The smallest absolute Gasteiger partial charge is 0.302 e. The number of hydrogen-bond acceptors (Lipinski definition) is 4. The molecule has 4 aromatic rings. The van der Waals surface area contributed by atoms with E-state index < -0.39 is 11.9 Å². The van der Waals surface area contributed by atoms with Gasteiger partial charge in [-0.25, -0.2) is 4.68 Å².